The molecule has 0 radical (unpaired) electrons. The molecule has 44 heavy (non-hydrogen) atoms. The van der Waals surface area contributed by atoms with Gasteiger partial charge in [-0.1, -0.05) is 103 Å². The van der Waals surface area contributed by atoms with Crippen molar-refractivity contribution in [3.63, 3.8) is 0 Å². The first-order valence-corrected chi connectivity index (χ1v) is 18.7. The van der Waals surface area contributed by atoms with Gasteiger partial charge in [0, 0.05) is 13.7 Å². The van der Waals surface area contributed by atoms with Crippen LogP contribution >= 0.6 is 7.60 Å². The van der Waals surface area contributed by atoms with E-state index in [4.69, 9.17) is 29.0 Å². The molecule has 2 aromatic heterocycles. The van der Waals surface area contributed by atoms with E-state index >= 15 is 0 Å². The number of nitrogen functional groups attached to an aromatic ring is 1. The predicted octanol–water partition coefficient (Wildman–Crippen LogP) is 7.92. The van der Waals surface area contributed by atoms with Crippen LogP contribution in [-0.2, 0) is 34.4 Å². The molecule has 12 heteroatoms. The minimum absolute atomic E-state index is 0.177. The number of ether oxygens (including phenoxy) is 3. The molecular weight excluding hydrogens is 581 g/mol. The predicted molar refractivity (Wildman–Crippen MR) is 177 cm³/mol. The molecule has 0 saturated heterocycles. The Labute approximate surface area is 265 Å². The van der Waals surface area contributed by atoms with E-state index in [1.165, 1.54) is 103 Å². The number of methoxy groups -OCH3 is 1. The van der Waals surface area contributed by atoms with Crippen molar-refractivity contribution in [3.8, 4) is 0 Å². The number of anilines is 1. The summed E-state index contributed by atoms with van der Waals surface area (Å²) in [5.74, 6) is 0.309. The van der Waals surface area contributed by atoms with Gasteiger partial charge < -0.3 is 33.6 Å². The van der Waals surface area contributed by atoms with Crippen LogP contribution in [0.4, 0.5) is 5.82 Å². The van der Waals surface area contributed by atoms with Crippen LogP contribution in [0, 0.1) is 0 Å². The van der Waals surface area contributed by atoms with Gasteiger partial charge >= 0.3 is 7.60 Å². The number of hydrogen-bond donors (Lipinski definition) is 1. The second-order valence-corrected chi connectivity index (χ2v) is 13.5. The van der Waals surface area contributed by atoms with Crippen molar-refractivity contribution >= 4 is 24.6 Å². The highest BCUT2D eigenvalue weighted by molar-refractivity contribution is 7.53. The molecule has 0 spiro atoms. The minimum atomic E-state index is -3.46. The fourth-order valence-electron chi connectivity index (χ4n) is 5.19. The van der Waals surface area contributed by atoms with Crippen LogP contribution < -0.4 is 5.73 Å². The summed E-state index contributed by atoms with van der Waals surface area (Å²) < 4.78 is 43.1. The van der Waals surface area contributed by atoms with Crippen molar-refractivity contribution in [3.05, 3.63) is 12.7 Å². The van der Waals surface area contributed by atoms with Crippen molar-refractivity contribution in [1.29, 1.82) is 0 Å². The van der Waals surface area contributed by atoms with E-state index in [9.17, 15) is 4.57 Å². The Kier molecular flexibility index (Phi) is 21.6. The largest absolute Gasteiger partial charge is 0.382 e. The zero-order valence-electron chi connectivity index (χ0n) is 27.8. The van der Waals surface area contributed by atoms with Crippen molar-refractivity contribution in [2.75, 3.05) is 52.2 Å². The molecule has 0 amide bonds. The molecular formula is C32H60N5O6P. The van der Waals surface area contributed by atoms with Crippen molar-refractivity contribution < 1.29 is 27.8 Å². The zero-order valence-corrected chi connectivity index (χ0v) is 28.7. The second kappa shape index (κ2) is 24.6. The summed E-state index contributed by atoms with van der Waals surface area (Å²) in [5.41, 5.74) is 7.00. The maximum atomic E-state index is 13.3. The lowest BCUT2D eigenvalue weighted by Crippen LogP contribution is -2.26. The number of nitrogens with two attached hydrogens (primary N) is 1. The number of imidazole rings is 1. The first kappa shape index (κ1) is 38.6. The number of unbranched alkanes of at least 4 members (excludes halogenated alkanes) is 15. The monoisotopic (exact) mass is 641 g/mol. The summed E-state index contributed by atoms with van der Waals surface area (Å²) >= 11 is 0. The summed E-state index contributed by atoms with van der Waals surface area (Å²) in [6.07, 6.45) is 23.9. The first-order valence-electron chi connectivity index (χ1n) is 17.0. The number of aromatic nitrogens is 4. The van der Waals surface area contributed by atoms with E-state index in [2.05, 4.69) is 21.9 Å². The van der Waals surface area contributed by atoms with Gasteiger partial charge in [0.05, 0.1) is 45.4 Å². The zero-order chi connectivity index (χ0) is 31.7. The van der Waals surface area contributed by atoms with E-state index in [1.54, 1.807) is 24.9 Å². The van der Waals surface area contributed by atoms with Crippen LogP contribution in [0.2, 0.25) is 0 Å². The van der Waals surface area contributed by atoms with Crippen LogP contribution in [0.1, 0.15) is 117 Å². The second-order valence-electron chi connectivity index (χ2n) is 11.5. The van der Waals surface area contributed by atoms with Crippen molar-refractivity contribution in [1.82, 2.24) is 19.5 Å². The van der Waals surface area contributed by atoms with Crippen LogP contribution in [0.15, 0.2) is 12.7 Å². The molecule has 0 aliphatic heterocycles. The Morgan fingerprint density at radius 2 is 1.41 bits per heavy atom. The summed E-state index contributed by atoms with van der Waals surface area (Å²) in [4.78, 5) is 12.5. The molecule has 0 bridgehead atoms. The molecule has 2 rings (SSSR count). The topological polar surface area (TPSA) is 133 Å². The normalized spacial score (nSPS) is 13.9. The smallest absolute Gasteiger partial charge is 0.356 e. The third kappa shape index (κ3) is 16.6. The molecule has 0 aromatic carbocycles. The Morgan fingerprint density at radius 3 is 2.00 bits per heavy atom. The van der Waals surface area contributed by atoms with Gasteiger partial charge in [0.15, 0.2) is 11.5 Å². The molecule has 0 aliphatic rings. The number of rotatable bonds is 30. The van der Waals surface area contributed by atoms with Crippen LogP contribution in [0.25, 0.3) is 11.2 Å². The Morgan fingerprint density at radius 1 is 0.795 bits per heavy atom. The number of hydrogen-bond acceptors (Lipinski definition) is 10. The van der Waals surface area contributed by atoms with Gasteiger partial charge in [-0.15, -0.1) is 0 Å². The van der Waals surface area contributed by atoms with E-state index in [0.717, 1.165) is 6.42 Å². The molecule has 0 fully saturated rings. The van der Waals surface area contributed by atoms with Gasteiger partial charge in [-0.05, 0) is 13.3 Å². The quantitative estimate of drug-likeness (QED) is 0.0662. The number of fused-ring (bicyclic) bond motifs is 1. The highest BCUT2D eigenvalue weighted by Crippen LogP contribution is 2.48. The van der Waals surface area contributed by atoms with Gasteiger partial charge in [-0.2, -0.15) is 0 Å². The molecule has 0 saturated carbocycles. The fourth-order valence-corrected chi connectivity index (χ4v) is 6.55. The van der Waals surface area contributed by atoms with Gasteiger partial charge in [-0.3, -0.25) is 4.57 Å². The third-order valence-corrected chi connectivity index (χ3v) is 9.33. The Balaban J connectivity index is 1.51. The van der Waals surface area contributed by atoms with Gasteiger partial charge in [0.2, 0.25) is 0 Å². The van der Waals surface area contributed by atoms with Crippen LogP contribution in [0.3, 0.4) is 0 Å². The van der Waals surface area contributed by atoms with E-state index in [1.807, 2.05) is 0 Å². The molecule has 11 nitrogen and oxygen atoms in total. The summed E-state index contributed by atoms with van der Waals surface area (Å²) in [6, 6.07) is 0. The molecule has 254 valence electrons. The van der Waals surface area contributed by atoms with E-state index in [0.29, 0.717) is 36.7 Å². The van der Waals surface area contributed by atoms with E-state index in [-0.39, 0.29) is 26.2 Å². The van der Waals surface area contributed by atoms with E-state index < -0.39 is 13.7 Å². The number of nitrogens with zero attached hydrogens (tertiary/aromatic N) is 4. The average Bonchev–Trinajstić information content (AvgIpc) is 3.43. The summed E-state index contributed by atoms with van der Waals surface area (Å²) in [5, 5.41) is 0. The Bertz CT molecular complexity index is 1030. The van der Waals surface area contributed by atoms with Crippen molar-refractivity contribution in [2.45, 2.75) is 129 Å². The summed E-state index contributed by atoms with van der Waals surface area (Å²) in [7, 11) is -1.88. The molecule has 2 N–H and O–H groups in total. The van der Waals surface area contributed by atoms with Crippen LogP contribution in [0.5, 0.6) is 0 Å². The average molecular weight is 642 g/mol. The SMILES string of the molecule is CCCCCCCCCCCCCCCCCCOCCOP(=O)(CO[C@H](COC)Cn1cnc2c(N)ncnc21)OCC. The lowest BCUT2D eigenvalue weighted by Gasteiger charge is -2.22. The van der Waals surface area contributed by atoms with Gasteiger partial charge in [-0.25, -0.2) is 15.0 Å². The lowest BCUT2D eigenvalue weighted by atomic mass is 10.0. The molecule has 1 unspecified atom stereocenters. The molecule has 0 aliphatic carbocycles. The van der Waals surface area contributed by atoms with Crippen LogP contribution in [-0.4, -0.2) is 72.1 Å². The third-order valence-electron chi connectivity index (χ3n) is 7.63. The maximum absolute atomic E-state index is 13.3. The minimum Gasteiger partial charge on any atom is -0.382 e. The van der Waals surface area contributed by atoms with Gasteiger partial charge in [0.25, 0.3) is 0 Å². The lowest BCUT2D eigenvalue weighted by molar-refractivity contribution is -0.000766. The first-order chi connectivity index (χ1) is 21.5. The Hall–Kier alpha value is -1.62. The fraction of sp³-hybridized carbons (Fsp3) is 0.844. The maximum Gasteiger partial charge on any atom is 0.356 e. The standard InChI is InChI=1S/C32H60N5O6P/c1-4-6-7-8-9-10-11-12-13-14-15-16-17-18-19-20-21-40-22-23-43-44(38,42-5-2)28-41-29(25-39-3)24-37-27-36-30-31(33)34-26-35-32(30)37/h26-27,29H,4-25,28H2,1-3H3,(H2,33,34,35)/t29-,44?/m0/s1. The van der Waals surface area contributed by atoms with Gasteiger partial charge in [0.1, 0.15) is 18.2 Å². The highest BCUT2D eigenvalue weighted by Gasteiger charge is 2.27. The van der Waals surface area contributed by atoms with Crippen molar-refractivity contribution in [2.24, 2.45) is 0 Å². The highest BCUT2D eigenvalue weighted by atomic mass is 31.2. The molecule has 2 atom stereocenters. The summed E-state index contributed by atoms with van der Waals surface area (Å²) in [6.45, 7) is 6.16. The molecule has 2 aromatic rings. The molecule has 2 heterocycles.